The Morgan fingerprint density at radius 1 is 0.333 bits per heavy atom. The summed E-state index contributed by atoms with van der Waals surface area (Å²) in [6.07, 6.45) is 0. The molecule has 1 aromatic heterocycles. The molecule has 45 heavy (non-hydrogen) atoms. The number of benzene rings is 8. The molecule has 1 heteroatoms. The Morgan fingerprint density at radius 3 is 1.51 bits per heavy atom. The normalized spacial score (nSPS) is 15.0. The summed E-state index contributed by atoms with van der Waals surface area (Å²) in [6, 6.07) is 28.5. The maximum atomic E-state index is 9.25. The van der Waals surface area contributed by atoms with Gasteiger partial charge in [-0.25, -0.2) is 0 Å². The second-order valence-electron chi connectivity index (χ2n) is 10.8. The zero-order valence-electron chi connectivity index (χ0n) is 34.7. The molecule has 0 unspecified atom stereocenters. The zero-order chi connectivity index (χ0) is 39.3. The van der Waals surface area contributed by atoms with E-state index >= 15 is 0 Å². The van der Waals surface area contributed by atoms with Crippen molar-refractivity contribution < 1.29 is 19.5 Å². The van der Waals surface area contributed by atoms with Gasteiger partial charge in [0.15, 0.2) is 0 Å². The minimum atomic E-state index is -0.659. The van der Waals surface area contributed by atoms with Crippen molar-refractivity contribution in [3.05, 3.63) is 170 Å². The van der Waals surface area contributed by atoms with Gasteiger partial charge in [0.05, 0.1) is 15.1 Å². The maximum absolute atomic E-state index is 9.25. The quantitative estimate of drug-likeness (QED) is 0.188. The summed E-state index contributed by atoms with van der Waals surface area (Å²) in [5.74, 6) is 0. The van der Waals surface area contributed by atoms with E-state index in [0.29, 0.717) is 5.56 Å². The highest BCUT2D eigenvalue weighted by Gasteiger charge is 2.16. The molecule has 9 rings (SSSR count). The van der Waals surface area contributed by atoms with Crippen LogP contribution in [0.25, 0.3) is 88.0 Å². The number of fused-ring (bicyclic) bond motifs is 5. The summed E-state index contributed by atoms with van der Waals surface area (Å²) in [7, 11) is 0. The highest BCUT2D eigenvalue weighted by molar-refractivity contribution is 6.21. The number of furan rings is 1. The molecule has 0 N–H and O–H groups in total. The van der Waals surface area contributed by atoms with Crippen molar-refractivity contribution in [1.82, 2.24) is 0 Å². The van der Waals surface area contributed by atoms with Crippen LogP contribution in [0.1, 0.15) is 15.1 Å². The van der Waals surface area contributed by atoms with Gasteiger partial charge in [-0.1, -0.05) is 145 Å². The molecule has 0 amide bonds. The summed E-state index contributed by atoms with van der Waals surface area (Å²) in [4.78, 5) is 0. The van der Waals surface area contributed by atoms with Crippen molar-refractivity contribution >= 4 is 43.5 Å². The third-order valence-corrected chi connectivity index (χ3v) is 8.22. The fourth-order valence-electron chi connectivity index (χ4n) is 6.19. The first-order valence-electron chi connectivity index (χ1n) is 20.0. The van der Waals surface area contributed by atoms with E-state index < -0.39 is 59.5 Å². The van der Waals surface area contributed by atoms with Crippen molar-refractivity contribution in [3.63, 3.8) is 0 Å². The topological polar surface area (TPSA) is 13.1 Å². The van der Waals surface area contributed by atoms with Crippen LogP contribution in [-0.2, 0) is 0 Å². The molecule has 0 aliphatic rings. The minimum absolute atomic E-state index is 0.0982. The summed E-state index contributed by atoms with van der Waals surface area (Å²) in [5.41, 5.74) is 3.54. The highest BCUT2D eigenvalue weighted by atomic mass is 16.3. The van der Waals surface area contributed by atoms with Crippen molar-refractivity contribution in [2.75, 3.05) is 0 Å². The van der Waals surface area contributed by atoms with Gasteiger partial charge in [-0.2, -0.15) is 0 Å². The molecular weight excluding hydrogens is 544 g/mol. The van der Waals surface area contributed by atoms with Gasteiger partial charge >= 0.3 is 0 Å². The molecule has 0 bridgehead atoms. The predicted molar refractivity (Wildman–Crippen MR) is 190 cm³/mol. The van der Waals surface area contributed by atoms with E-state index in [4.69, 9.17) is 18.1 Å². The van der Waals surface area contributed by atoms with Crippen LogP contribution >= 0.6 is 0 Å². The summed E-state index contributed by atoms with van der Waals surface area (Å²) in [6.45, 7) is 0. The summed E-state index contributed by atoms with van der Waals surface area (Å²) in [5, 5.41) is 4.08. The Morgan fingerprint density at radius 2 is 0.867 bits per heavy atom. The van der Waals surface area contributed by atoms with Gasteiger partial charge in [0.2, 0.25) is 0 Å². The van der Waals surface area contributed by atoms with Gasteiger partial charge in [-0.15, -0.1) is 0 Å². The predicted octanol–water partition coefficient (Wildman–Crippen LogP) is 12.6. The Bertz CT molecular complexity index is 3050. The Hall–Kier alpha value is -5.92. The smallest absolute Gasteiger partial charge is 0.136 e. The van der Waals surface area contributed by atoms with Crippen LogP contribution in [0.2, 0.25) is 0 Å². The summed E-state index contributed by atoms with van der Waals surface area (Å²) < 4.78 is 101. The molecule has 0 fully saturated rings. The second-order valence-corrected chi connectivity index (χ2v) is 10.8. The van der Waals surface area contributed by atoms with Crippen LogP contribution in [0.15, 0.2) is 174 Å². The van der Waals surface area contributed by atoms with Crippen LogP contribution in [0.3, 0.4) is 0 Å². The largest absolute Gasteiger partial charge is 0.456 e. The second kappa shape index (κ2) is 10.4. The van der Waals surface area contributed by atoms with Crippen molar-refractivity contribution in [1.29, 1.82) is 0 Å². The first kappa shape index (κ1) is 16.8. The average molecular weight is 584 g/mol. The molecule has 0 saturated heterocycles. The lowest BCUT2D eigenvalue weighted by molar-refractivity contribution is 0.669. The molecule has 9 aromatic rings. The molecule has 0 aliphatic carbocycles. The van der Waals surface area contributed by atoms with Gasteiger partial charge in [-0.3, -0.25) is 0 Å². The van der Waals surface area contributed by atoms with Crippen LogP contribution in [-0.4, -0.2) is 0 Å². The van der Waals surface area contributed by atoms with Crippen LogP contribution in [0.4, 0.5) is 0 Å². The summed E-state index contributed by atoms with van der Waals surface area (Å²) >= 11 is 0. The molecular formula is C44H28O. The molecule has 0 atom stereocenters. The maximum Gasteiger partial charge on any atom is 0.136 e. The Balaban J connectivity index is 1.24. The Kier molecular flexibility index (Phi) is 3.87. The number of rotatable bonds is 4. The average Bonchev–Trinajstić information content (AvgIpc) is 3.63. The van der Waals surface area contributed by atoms with E-state index in [0.717, 1.165) is 43.8 Å². The lowest BCUT2D eigenvalue weighted by Gasteiger charge is -2.18. The van der Waals surface area contributed by atoms with Gasteiger partial charge in [0.1, 0.15) is 11.2 Å². The number of hydrogen-bond acceptors (Lipinski definition) is 1. The van der Waals surface area contributed by atoms with Crippen molar-refractivity contribution in [3.8, 4) is 44.5 Å². The van der Waals surface area contributed by atoms with Gasteiger partial charge in [0.25, 0.3) is 0 Å². The highest BCUT2D eigenvalue weighted by Crippen LogP contribution is 2.44. The lowest BCUT2D eigenvalue weighted by Crippen LogP contribution is -1.90. The molecule has 0 aliphatic heterocycles. The van der Waals surface area contributed by atoms with E-state index in [1.165, 1.54) is 0 Å². The van der Waals surface area contributed by atoms with Crippen LogP contribution < -0.4 is 0 Å². The zero-order valence-corrected chi connectivity index (χ0v) is 23.7. The Labute approximate surface area is 277 Å². The van der Waals surface area contributed by atoms with E-state index in [1.807, 2.05) is 54.6 Å². The van der Waals surface area contributed by atoms with Crippen molar-refractivity contribution in [2.45, 2.75) is 0 Å². The monoisotopic (exact) mass is 583 g/mol. The van der Waals surface area contributed by atoms with Crippen molar-refractivity contribution in [2.24, 2.45) is 0 Å². The molecule has 210 valence electrons. The first-order chi connectivity index (χ1) is 26.9. The molecule has 1 nitrogen and oxygen atoms in total. The van der Waals surface area contributed by atoms with Gasteiger partial charge in [-0.05, 0) is 90.2 Å². The van der Waals surface area contributed by atoms with Crippen LogP contribution in [0, 0.1) is 0 Å². The standard InChI is InChI=1S/C44H28O/c1-3-11-29(12-4-1)33-24-26-41-40(27-33)35-25-23-34(28-42(35)45-41)30-19-21-32(22-20-30)44-38-17-9-7-15-36(38)43(31-13-5-2-6-14-31)37-16-8-10-18-39(37)44/h1-28H/i1D,3D,4D,11D,12D,23D,24D,25D,26D,27D,28D. The van der Waals surface area contributed by atoms with Gasteiger partial charge < -0.3 is 4.42 Å². The molecule has 0 saturated carbocycles. The molecule has 1 heterocycles. The third kappa shape index (κ3) is 4.24. The SMILES string of the molecule is [2H]c1c([2H])c([2H])c(-c2c([2H])c([2H])c3oc4c([2H])c(-c5ccc(-c6c7ccccc7c(-c7ccccc7)c7ccccc67)cc5)c([2H])c([2H])c4c3c2[2H])c([2H])c1[2H]. The third-order valence-electron chi connectivity index (χ3n) is 8.22. The van der Waals surface area contributed by atoms with E-state index in [9.17, 15) is 1.37 Å². The number of hydrogen-bond donors (Lipinski definition) is 0. The fourth-order valence-corrected chi connectivity index (χ4v) is 6.19. The molecule has 0 radical (unpaired) electrons. The van der Waals surface area contributed by atoms with E-state index in [1.54, 1.807) is 12.1 Å². The molecule has 0 spiro atoms. The molecule has 8 aromatic carbocycles. The van der Waals surface area contributed by atoms with Gasteiger partial charge in [0, 0.05) is 10.8 Å². The minimum Gasteiger partial charge on any atom is -0.456 e. The van der Waals surface area contributed by atoms with E-state index in [2.05, 4.69) is 36.4 Å². The van der Waals surface area contributed by atoms with Crippen LogP contribution in [0.5, 0.6) is 0 Å². The van der Waals surface area contributed by atoms with E-state index in [-0.39, 0.29) is 45.6 Å². The first-order valence-corrected chi connectivity index (χ1v) is 14.5. The fraction of sp³-hybridized carbons (Fsp3) is 0. The lowest BCUT2D eigenvalue weighted by atomic mass is 9.86.